The molecule has 5 nitrogen and oxygen atoms in total. The largest absolute Gasteiger partial charge is 0.479 e. The Hall–Kier alpha value is -1.05. The van der Waals surface area contributed by atoms with Gasteiger partial charge in [-0.1, -0.05) is 18.2 Å². The molecule has 0 aliphatic heterocycles. The molecule has 0 saturated carbocycles. The van der Waals surface area contributed by atoms with Crippen LogP contribution in [0.3, 0.4) is 0 Å². The summed E-state index contributed by atoms with van der Waals surface area (Å²) >= 11 is 1.35. The van der Waals surface area contributed by atoms with Gasteiger partial charge in [-0.25, -0.2) is 13.2 Å². The van der Waals surface area contributed by atoms with E-state index < -0.39 is 20.7 Å². The van der Waals surface area contributed by atoms with Crippen LogP contribution in [0.25, 0.3) is 0 Å². The van der Waals surface area contributed by atoms with Crippen LogP contribution in [0.5, 0.6) is 0 Å². The van der Waals surface area contributed by atoms with Crippen LogP contribution in [0.4, 0.5) is 0 Å². The lowest BCUT2D eigenvalue weighted by Gasteiger charge is -2.24. The van der Waals surface area contributed by atoms with Crippen molar-refractivity contribution >= 4 is 27.6 Å². The summed E-state index contributed by atoms with van der Waals surface area (Å²) in [6.45, 7) is 0. The van der Waals surface area contributed by atoms with Crippen molar-refractivity contribution in [3.05, 3.63) is 30.3 Å². The standard InChI is InChI=1S/C11H15NO4S2/c1-17-8-7-11(12,10(13)14)18(15,16)9-5-3-2-4-6-9/h2-6H,7-8,12H2,1H3,(H,13,14)/t11-/m1/s1. The Bertz CT molecular complexity index is 515. The van der Waals surface area contributed by atoms with E-state index in [2.05, 4.69) is 0 Å². The summed E-state index contributed by atoms with van der Waals surface area (Å²) in [4.78, 5) is 8.88. The number of hydrogen-bond acceptors (Lipinski definition) is 5. The fraction of sp³-hybridized carbons (Fsp3) is 0.364. The predicted octanol–water partition coefficient (Wildman–Crippen LogP) is 0.953. The van der Waals surface area contributed by atoms with Crippen molar-refractivity contribution < 1.29 is 18.3 Å². The third-order valence-electron chi connectivity index (χ3n) is 2.57. The summed E-state index contributed by atoms with van der Waals surface area (Å²) < 4.78 is 24.6. The molecule has 0 saturated heterocycles. The second kappa shape index (κ2) is 5.73. The van der Waals surface area contributed by atoms with Gasteiger partial charge in [-0.2, -0.15) is 11.8 Å². The van der Waals surface area contributed by atoms with Crippen LogP contribution in [0, 0.1) is 0 Å². The van der Waals surface area contributed by atoms with Crippen molar-refractivity contribution in [3.8, 4) is 0 Å². The van der Waals surface area contributed by atoms with Crippen molar-refractivity contribution in [2.45, 2.75) is 16.2 Å². The molecule has 0 spiro atoms. The number of benzene rings is 1. The van der Waals surface area contributed by atoms with Gasteiger partial charge < -0.3 is 10.8 Å². The number of sulfone groups is 1. The van der Waals surface area contributed by atoms with Gasteiger partial charge >= 0.3 is 5.97 Å². The number of thioether (sulfide) groups is 1. The van der Waals surface area contributed by atoms with Crippen LogP contribution in [-0.4, -0.2) is 36.4 Å². The van der Waals surface area contributed by atoms with E-state index in [1.807, 2.05) is 0 Å². The average molecular weight is 289 g/mol. The zero-order valence-corrected chi connectivity index (χ0v) is 11.5. The van der Waals surface area contributed by atoms with Gasteiger partial charge in [-0.05, 0) is 24.1 Å². The van der Waals surface area contributed by atoms with Gasteiger partial charge in [0.1, 0.15) is 0 Å². The molecule has 0 fully saturated rings. The minimum Gasteiger partial charge on any atom is -0.479 e. The molecule has 0 amide bonds. The Balaban J connectivity index is 3.25. The molecule has 1 aromatic carbocycles. The van der Waals surface area contributed by atoms with Gasteiger partial charge in [0.25, 0.3) is 0 Å². The van der Waals surface area contributed by atoms with E-state index in [9.17, 15) is 13.2 Å². The van der Waals surface area contributed by atoms with Crippen molar-refractivity contribution in [2.24, 2.45) is 5.73 Å². The second-order valence-corrected chi connectivity index (χ2v) is 6.95. The molecule has 1 atom stereocenters. The summed E-state index contributed by atoms with van der Waals surface area (Å²) in [5, 5.41) is 9.14. The summed E-state index contributed by atoms with van der Waals surface area (Å²) in [6.07, 6.45) is 1.62. The zero-order chi connectivity index (χ0) is 13.8. The van der Waals surface area contributed by atoms with E-state index in [4.69, 9.17) is 10.8 Å². The molecule has 100 valence electrons. The summed E-state index contributed by atoms with van der Waals surface area (Å²) in [5.74, 6) is -1.17. The highest BCUT2D eigenvalue weighted by molar-refractivity contribution is 7.98. The quantitative estimate of drug-likeness (QED) is 0.809. The maximum atomic E-state index is 12.3. The molecule has 3 N–H and O–H groups in total. The molecule has 0 aliphatic rings. The number of aliphatic carboxylic acids is 1. The molecule has 0 unspecified atom stereocenters. The first-order valence-electron chi connectivity index (χ1n) is 5.17. The fourth-order valence-corrected chi connectivity index (χ4v) is 3.61. The summed E-state index contributed by atoms with van der Waals surface area (Å²) in [6, 6.07) is 7.41. The Morgan fingerprint density at radius 1 is 1.39 bits per heavy atom. The molecule has 1 rings (SSSR count). The summed E-state index contributed by atoms with van der Waals surface area (Å²) in [5.41, 5.74) is 5.64. The van der Waals surface area contributed by atoms with E-state index in [0.29, 0.717) is 5.75 Å². The van der Waals surface area contributed by atoms with Gasteiger partial charge in [0.2, 0.25) is 14.7 Å². The first-order valence-corrected chi connectivity index (χ1v) is 8.05. The third-order valence-corrected chi connectivity index (χ3v) is 5.42. The Morgan fingerprint density at radius 2 is 1.94 bits per heavy atom. The zero-order valence-electron chi connectivity index (χ0n) is 9.87. The van der Waals surface area contributed by atoms with Gasteiger partial charge in [0.05, 0.1) is 4.90 Å². The van der Waals surface area contributed by atoms with E-state index in [0.717, 1.165) is 0 Å². The molecule has 18 heavy (non-hydrogen) atoms. The van der Waals surface area contributed by atoms with Crippen molar-refractivity contribution in [1.29, 1.82) is 0 Å². The van der Waals surface area contributed by atoms with Crippen LogP contribution in [0.1, 0.15) is 6.42 Å². The molecule has 0 heterocycles. The predicted molar refractivity (Wildman–Crippen MR) is 71.2 cm³/mol. The molecular formula is C11H15NO4S2. The molecule has 0 bridgehead atoms. The second-order valence-electron chi connectivity index (χ2n) is 3.75. The van der Waals surface area contributed by atoms with E-state index in [-0.39, 0.29) is 11.3 Å². The van der Waals surface area contributed by atoms with Gasteiger partial charge in [0, 0.05) is 6.42 Å². The van der Waals surface area contributed by atoms with Gasteiger partial charge in [-0.3, -0.25) is 0 Å². The SMILES string of the molecule is CSCC[C@](N)(C(=O)O)S(=O)(=O)c1ccccc1. The minimum atomic E-state index is -4.11. The first kappa shape index (κ1) is 15.0. The van der Waals surface area contributed by atoms with Crippen LogP contribution < -0.4 is 5.73 Å². The van der Waals surface area contributed by atoms with Crippen LogP contribution >= 0.6 is 11.8 Å². The topological polar surface area (TPSA) is 97.5 Å². The molecule has 0 radical (unpaired) electrons. The lowest BCUT2D eigenvalue weighted by Crippen LogP contribution is -2.55. The smallest absolute Gasteiger partial charge is 0.339 e. The number of carboxylic acid groups (broad SMARTS) is 1. The third kappa shape index (κ3) is 2.68. The van der Waals surface area contributed by atoms with Gasteiger partial charge in [0.15, 0.2) is 0 Å². The van der Waals surface area contributed by atoms with Gasteiger partial charge in [-0.15, -0.1) is 0 Å². The van der Waals surface area contributed by atoms with E-state index in [1.54, 1.807) is 12.3 Å². The van der Waals surface area contributed by atoms with Crippen molar-refractivity contribution in [1.82, 2.24) is 0 Å². The Kier molecular flexibility index (Phi) is 4.78. The van der Waals surface area contributed by atoms with E-state index >= 15 is 0 Å². The molecular weight excluding hydrogens is 274 g/mol. The Labute approximate surface area is 110 Å². The number of rotatable bonds is 6. The monoisotopic (exact) mass is 289 g/mol. The van der Waals surface area contributed by atoms with Crippen molar-refractivity contribution in [2.75, 3.05) is 12.0 Å². The number of nitrogens with two attached hydrogens (primary N) is 1. The molecule has 0 aliphatic carbocycles. The highest BCUT2D eigenvalue weighted by Gasteiger charge is 2.47. The highest BCUT2D eigenvalue weighted by atomic mass is 32.2. The fourth-order valence-electron chi connectivity index (χ4n) is 1.42. The lowest BCUT2D eigenvalue weighted by molar-refractivity contribution is -0.140. The number of carbonyl (C=O) groups is 1. The lowest BCUT2D eigenvalue weighted by atomic mass is 10.2. The molecule has 1 aromatic rings. The molecule has 0 aromatic heterocycles. The van der Waals surface area contributed by atoms with Crippen LogP contribution in [0.2, 0.25) is 0 Å². The van der Waals surface area contributed by atoms with E-state index in [1.165, 1.54) is 36.0 Å². The first-order chi connectivity index (χ1) is 8.36. The molecule has 7 heteroatoms. The average Bonchev–Trinajstić information content (AvgIpc) is 2.36. The van der Waals surface area contributed by atoms with Crippen molar-refractivity contribution in [3.63, 3.8) is 0 Å². The van der Waals surface area contributed by atoms with Crippen LogP contribution in [0.15, 0.2) is 35.2 Å². The maximum absolute atomic E-state index is 12.3. The number of carboxylic acids is 1. The highest BCUT2D eigenvalue weighted by Crippen LogP contribution is 2.26. The summed E-state index contributed by atoms with van der Waals surface area (Å²) in [7, 11) is -4.11. The number of hydrogen-bond donors (Lipinski definition) is 2. The normalized spacial score (nSPS) is 15.0. The van der Waals surface area contributed by atoms with Crippen LogP contribution in [-0.2, 0) is 14.6 Å². The maximum Gasteiger partial charge on any atom is 0.339 e. The Morgan fingerprint density at radius 3 is 2.39 bits per heavy atom. The minimum absolute atomic E-state index is 0.0731.